The van der Waals surface area contributed by atoms with Crippen LogP contribution in [0.25, 0.3) is 0 Å². The molecule has 4 nitrogen and oxygen atoms in total. The molecule has 3 rings (SSSR count). The summed E-state index contributed by atoms with van der Waals surface area (Å²) >= 11 is -5.27. The number of carboxylic acid groups (broad SMARTS) is 1. The number of carboxylic acids is 1. The molecule has 2 aromatic rings. The average molecular weight is 413 g/mol. The Balaban J connectivity index is 1.78. The number of halogens is 3. The van der Waals surface area contributed by atoms with Gasteiger partial charge < -0.3 is 9.84 Å². The minimum atomic E-state index is -5.27. The van der Waals surface area contributed by atoms with Crippen molar-refractivity contribution in [1.82, 2.24) is 4.90 Å². The standard InChI is InChI=1S/C20H22F3NO3S/c21-28(22,23)17-9-4-6-15(12-17)14-27-18-10-5-11-24(13-19(25)26)20(18)16-7-2-1-3-8-16/h1-4,6-9,12,18,20H,5,10-11,13-14H2,(H,25,26)/t18-,20-/m0/s1. The van der Waals surface area contributed by atoms with E-state index in [0.717, 1.165) is 30.5 Å². The lowest BCUT2D eigenvalue weighted by Gasteiger charge is -2.40. The summed E-state index contributed by atoms with van der Waals surface area (Å²) in [5.41, 5.74) is 1.41. The molecule has 0 amide bonds. The van der Waals surface area contributed by atoms with Crippen LogP contribution in [0.15, 0.2) is 59.5 Å². The maximum atomic E-state index is 13.0. The number of hydrogen-bond acceptors (Lipinski definition) is 3. The zero-order valence-electron chi connectivity index (χ0n) is 15.1. The summed E-state index contributed by atoms with van der Waals surface area (Å²) in [4.78, 5) is 12.5. The third-order valence-corrected chi connectivity index (χ3v) is 5.58. The minimum Gasteiger partial charge on any atom is -0.480 e. The molecule has 0 aliphatic carbocycles. The Morgan fingerprint density at radius 3 is 2.57 bits per heavy atom. The van der Waals surface area contributed by atoms with Crippen LogP contribution in [0.5, 0.6) is 0 Å². The number of likely N-dealkylation sites (tertiary alicyclic amines) is 1. The van der Waals surface area contributed by atoms with E-state index in [1.807, 2.05) is 35.2 Å². The maximum absolute atomic E-state index is 13.0. The zero-order chi connectivity index (χ0) is 20.1. The summed E-state index contributed by atoms with van der Waals surface area (Å²) in [5, 5.41) is 9.24. The van der Waals surface area contributed by atoms with Crippen LogP contribution >= 0.6 is 11.2 Å². The van der Waals surface area contributed by atoms with E-state index in [9.17, 15) is 21.6 Å². The first-order valence-electron chi connectivity index (χ1n) is 8.98. The van der Waals surface area contributed by atoms with Crippen molar-refractivity contribution in [1.29, 1.82) is 0 Å². The highest BCUT2D eigenvalue weighted by molar-refractivity contribution is 8.20. The summed E-state index contributed by atoms with van der Waals surface area (Å²) in [6.45, 7) is 0.587. The van der Waals surface area contributed by atoms with Crippen LogP contribution in [0.4, 0.5) is 11.7 Å². The predicted octanol–water partition coefficient (Wildman–Crippen LogP) is 5.31. The largest absolute Gasteiger partial charge is 0.480 e. The number of nitrogens with zero attached hydrogens (tertiary/aromatic N) is 1. The summed E-state index contributed by atoms with van der Waals surface area (Å²) in [6.07, 6.45) is 1.20. The lowest BCUT2D eigenvalue weighted by atomic mass is 9.92. The number of ether oxygens (including phenoxy) is 1. The molecule has 152 valence electrons. The average Bonchev–Trinajstić information content (AvgIpc) is 2.66. The van der Waals surface area contributed by atoms with Crippen molar-refractivity contribution < 1.29 is 26.3 Å². The number of benzene rings is 2. The van der Waals surface area contributed by atoms with Gasteiger partial charge in [0.1, 0.15) is 0 Å². The van der Waals surface area contributed by atoms with Crippen LogP contribution in [-0.4, -0.2) is 35.2 Å². The van der Waals surface area contributed by atoms with Gasteiger partial charge in [0, 0.05) is 0 Å². The minimum absolute atomic E-state index is 0.0538. The van der Waals surface area contributed by atoms with Crippen LogP contribution in [-0.2, 0) is 16.1 Å². The Labute approximate surface area is 164 Å². The van der Waals surface area contributed by atoms with E-state index < -0.39 is 22.1 Å². The second-order valence-corrected chi connectivity index (χ2v) is 8.05. The van der Waals surface area contributed by atoms with Crippen LogP contribution in [0.3, 0.4) is 0 Å². The maximum Gasteiger partial charge on any atom is 0.317 e. The highest BCUT2D eigenvalue weighted by atomic mass is 32.3. The number of hydrogen-bond donors (Lipinski definition) is 1. The smallest absolute Gasteiger partial charge is 0.317 e. The molecule has 2 atom stereocenters. The zero-order valence-corrected chi connectivity index (χ0v) is 16.0. The third-order valence-electron chi connectivity index (χ3n) is 4.79. The monoisotopic (exact) mass is 413 g/mol. The van der Waals surface area contributed by atoms with Gasteiger partial charge >= 0.3 is 5.97 Å². The molecule has 0 aromatic heterocycles. The summed E-state index contributed by atoms with van der Waals surface area (Å²) < 4.78 is 45.0. The van der Waals surface area contributed by atoms with Crippen molar-refractivity contribution in [2.45, 2.75) is 36.5 Å². The second-order valence-electron chi connectivity index (χ2n) is 6.77. The topological polar surface area (TPSA) is 49.8 Å². The summed E-state index contributed by atoms with van der Waals surface area (Å²) in [6, 6.07) is 14.5. The molecule has 2 aromatic carbocycles. The highest BCUT2D eigenvalue weighted by Crippen LogP contribution is 2.60. The molecule has 1 aliphatic rings. The Kier molecular flexibility index (Phi) is 6.64. The number of carbonyl (C=O) groups is 1. The normalized spacial score (nSPS) is 21.4. The van der Waals surface area contributed by atoms with Gasteiger partial charge in [-0.2, -0.15) is 0 Å². The van der Waals surface area contributed by atoms with Gasteiger partial charge in [-0.15, -0.1) is 11.7 Å². The lowest BCUT2D eigenvalue weighted by molar-refractivity contribution is -0.141. The molecule has 1 saturated heterocycles. The first-order valence-corrected chi connectivity index (χ1v) is 10.3. The molecule has 0 spiro atoms. The Hall–Kier alpha value is -2.03. The lowest BCUT2D eigenvalue weighted by Crippen LogP contribution is -2.45. The van der Waals surface area contributed by atoms with Crippen molar-refractivity contribution in [3.8, 4) is 0 Å². The molecule has 0 radical (unpaired) electrons. The molecule has 0 saturated carbocycles. The van der Waals surface area contributed by atoms with E-state index in [1.54, 1.807) is 6.07 Å². The molecule has 8 heteroatoms. The van der Waals surface area contributed by atoms with Crippen molar-refractivity contribution in [2.75, 3.05) is 13.1 Å². The third kappa shape index (κ3) is 5.27. The summed E-state index contributed by atoms with van der Waals surface area (Å²) in [5.74, 6) is -0.914. The predicted molar refractivity (Wildman–Crippen MR) is 102 cm³/mol. The van der Waals surface area contributed by atoms with Crippen LogP contribution < -0.4 is 0 Å². The second kappa shape index (κ2) is 8.98. The van der Waals surface area contributed by atoms with Gasteiger partial charge in [0.25, 0.3) is 0 Å². The first-order chi connectivity index (χ1) is 13.3. The Morgan fingerprint density at radius 2 is 1.89 bits per heavy atom. The molecule has 1 fully saturated rings. The Morgan fingerprint density at radius 1 is 1.14 bits per heavy atom. The number of rotatable bonds is 7. The SMILES string of the molecule is O=C(O)CN1CCC[C@H](OCc2cccc(S(F)(F)F)c2)[C@@H]1c1ccccc1. The number of aliphatic carboxylic acids is 1. The van der Waals surface area contributed by atoms with Crippen molar-refractivity contribution in [3.05, 3.63) is 65.7 Å². The van der Waals surface area contributed by atoms with E-state index in [-0.39, 0.29) is 25.3 Å². The molecular formula is C20H22F3NO3S. The fourth-order valence-corrected chi connectivity index (χ4v) is 4.13. The molecule has 28 heavy (non-hydrogen) atoms. The summed E-state index contributed by atoms with van der Waals surface area (Å²) in [7, 11) is 0. The van der Waals surface area contributed by atoms with E-state index in [0.29, 0.717) is 12.1 Å². The molecule has 1 heterocycles. The van der Waals surface area contributed by atoms with E-state index in [1.165, 1.54) is 6.07 Å². The first kappa shape index (κ1) is 20.7. The fourth-order valence-electron chi connectivity index (χ4n) is 3.61. The van der Waals surface area contributed by atoms with Gasteiger partial charge in [0.05, 0.1) is 30.2 Å². The molecule has 0 unspecified atom stereocenters. The quantitative estimate of drug-likeness (QED) is 0.668. The van der Waals surface area contributed by atoms with Crippen LogP contribution in [0, 0.1) is 0 Å². The Bertz CT molecular complexity index is 801. The van der Waals surface area contributed by atoms with E-state index in [4.69, 9.17) is 4.74 Å². The van der Waals surface area contributed by atoms with Crippen molar-refractivity contribution in [3.63, 3.8) is 0 Å². The van der Waals surface area contributed by atoms with E-state index in [2.05, 4.69) is 0 Å². The van der Waals surface area contributed by atoms with Gasteiger partial charge in [0.2, 0.25) is 11.2 Å². The van der Waals surface area contributed by atoms with E-state index >= 15 is 0 Å². The van der Waals surface area contributed by atoms with Crippen molar-refractivity contribution in [2.24, 2.45) is 0 Å². The molecule has 0 bridgehead atoms. The molecular weight excluding hydrogens is 391 g/mol. The van der Waals surface area contributed by atoms with Gasteiger partial charge in [0.15, 0.2) is 0 Å². The van der Waals surface area contributed by atoms with Gasteiger partial charge in [-0.1, -0.05) is 42.5 Å². The number of piperidine rings is 1. The fraction of sp³-hybridized carbons (Fsp3) is 0.350. The van der Waals surface area contributed by atoms with Gasteiger partial charge in [-0.3, -0.25) is 9.69 Å². The van der Waals surface area contributed by atoms with Crippen molar-refractivity contribution >= 4 is 17.2 Å². The molecule has 1 N–H and O–H groups in total. The van der Waals surface area contributed by atoms with Crippen LogP contribution in [0.2, 0.25) is 0 Å². The van der Waals surface area contributed by atoms with Gasteiger partial charge in [-0.05, 0) is 42.6 Å². The van der Waals surface area contributed by atoms with Gasteiger partial charge in [-0.25, -0.2) is 0 Å². The van der Waals surface area contributed by atoms with Crippen LogP contribution in [0.1, 0.15) is 30.0 Å². The molecule has 1 aliphatic heterocycles. The highest BCUT2D eigenvalue weighted by Gasteiger charge is 2.34.